The van der Waals surface area contributed by atoms with E-state index in [1.807, 2.05) is 0 Å². The average Bonchev–Trinajstić information content (AvgIpc) is 2.28. The number of hydrogen-bond donors (Lipinski definition) is 5. The molecule has 1 saturated heterocycles. The van der Waals surface area contributed by atoms with Gasteiger partial charge in [-0.1, -0.05) is 6.90 Å². The summed E-state index contributed by atoms with van der Waals surface area (Å²) < 4.78 is 11.9. The summed E-state index contributed by atoms with van der Waals surface area (Å²) in [6, 6.07) is -0.802. The molecule has 6 heteroatoms. The van der Waals surface area contributed by atoms with E-state index in [4.69, 9.17) is 11.2 Å². The molecule has 5 N–H and O–H groups in total. The van der Waals surface area contributed by atoms with Gasteiger partial charge in [-0.25, -0.2) is 0 Å². The molecule has 1 aliphatic rings. The molecule has 0 radical (unpaired) electrons. The number of rotatable bonds is 4. The lowest BCUT2D eigenvalue weighted by molar-refractivity contribution is -0.254. The molecule has 0 aliphatic carbocycles. The molecule has 5 atom stereocenters. The number of aliphatic hydroxyl groups excluding tert-OH is 4. The van der Waals surface area contributed by atoms with Crippen molar-refractivity contribution in [1.82, 2.24) is 5.32 Å². The Balaban J connectivity index is 2.50. The fourth-order valence-corrected chi connectivity index (χ4v) is 1.59. The second-order valence-corrected chi connectivity index (χ2v) is 3.56. The minimum absolute atomic E-state index is 0.245. The highest BCUT2D eigenvalue weighted by Gasteiger charge is 2.43. The Labute approximate surface area is 89.9 Å². The van der Waals surface area contributed by atoms with Gasteiger partial charge in [-0.3, -0.25) is 0 Å². The molecular weight excluding hydrogens is 202 g/mol. The highest BCUT2D eigenvalue weighted by atomic mass is 16.6. The van der Waals surface area contributed by atoms with Crippen LogP contribution in [0, 0.1) is 0 Å². The third-order valence-corrected chi connectivity index (χ3v) is 2.46. The van der Waals surface area contributed by atoms with Gasteiger partial charge in [0.2, 0.25) is 0 Å². The number of ether oxygens (including phenoxy) is 1. The summed E-state index contributed by atoms with van der Waals surface area (Å²) in [4.78, 5) is 0. The molecule has 6 nitrogen and oxygen atoms in total. The van der Waals surface area contributed by atoms with Gasteiger partial charge in [-0.15, -0.1) is 0 Å². The molecule has 0 amide bonds. The van der Waals surface area contributed by atoms with Gasteiger partial charge < -0.3 is 30.5 Å². The molecule has 1 fully saturated rings. The van der Waals surface area contributed by atoms with Crippen LogP contribution >= 0.6 is 0 Å². The summed E-state index contributed by atoms with van der Waals surface area (Å²) >= 11 is 0. The van der Waals surface area contributed by atoms with Crippen LogP contribution in [0.4, 0.5) is 0 Å². The SMILES string of the molecule is [2H]CCCN[C@H]1C(O)O[C@H](CO)[C@@H](O)[C@@H]1O. The van der Waals surface area contributed by atoms with Gasteiger partial charge in [0.25, 0.3) is 0 Å². The number of hydrogen-bond acceptors (Lipinski definition) is 6. The van der Waals surface area contributed by atoms with Crippen molar-refractivity contribution in [2.24, 2.45) is 0 Å². The lowest BCUT2D eigenvalue weighted by Crippen LogP contribution is -2.63. The molecule has 0 saturated carbocycles. The molecule has 0 bridgehead atoms. The largest absolute Gasteiger partial charge is 0.394 e. The Hall–Kier alpha value is -0.240. The van der Waals surface area contributed by atoms with Crippen molar-refractivity contribution in [3.05, 3.63) is 0 Å². The summed E-state index contributed by atoms with van der Waals surface area (Å²) in [5.41, 5.74) is 0. The van der Waals surface area contributed by atoms with E-state index < -0.39 is 37.3 Å². The van der Waals surface area contributed by atoms with Gasteiger partial charge in [-0.05, 0) is 13.0 Å². The van der Waals surface area contributed by atoms with Gasteiger partial charge in [-0.2, -0.15) is 0 Å². The maximum atomic E-state index is 9.70. The summed E-state index contributed by atoms with van der Waals surface area (Å²) in [6.45, 7) is 0.228. The summed E-state index contributed by atoms with van der Waals surface area (Å²) in [5.74, 6) is 0. The van der Waals surface area contributed by atoms with Crippen molar-refractivity contribution in [1.29, 1.82) is 0 Å². The zero-order valence-electron chi connectivity index (χ0n) is 9.41. The van der Waals surface area contributed by atoms with E-state index in [2.05, 4.69) is 5.32 Å². The smallest absolute Gasteiger partial charge is 0.173 e. The van der Waals surface area contributed by atoms with E-state index in [9.17, 15) is 15.3 Å². The molecule has 0 aromatic carbocycles. The zero-order valence-corrected chi connectivity index (χ0v) is 8.41. The predicted octanol–water partition coefficient (Wildman–Crippen LogP) is -2.21. The number of aliphatic hydroxyl groups is 4. The first kappa shape index (κ1) is 11.3. The zero-order chi connectivity index (χ0) is 12.1. The van der Waals surface area contributed by atoms with Crippen LogP contribution in [-0.4, -0.2) is 64.2 Å². The third-order valence-electron chi connectivity index (χ3n) is 2.46. The normalized spacial score (nSPS) is 42.7. The Morgan fingerprint density at radius 1 is 1.33 bits per heavy atom. The summed E-state index contributed by atoms with van der Waals surface area (Å²) in [6.07, 6.45) is -4.11. The lowest BCUT2D eigenvalue weighted by Gasteiger charge is -2.40. The molecule has 0 aromatic heterocycles. The standard InChI is InChI=1S/C9H19NO5/c1-2-3-10-6-8(13)7(12)5(4-11)15-9(6)14/h5-14H,2-4H2,1H3/t5-,6-,7-,8-,9?/m1/s1/i1D. The van der Waals surface area contributed by atoms with Crippen LogP contribution in [0.15, 0.2) is 0 Å². The Morgan fingerprint density at radius 2 is 2.07 bits per heavy atom. The molecular formula is C9H19NO5. The van der Waals surface area contributed by atoms with Crippen molar-refractivity contribution in [3.63, 3.8) is 0 Å². The van der Waals surface area contributed by atoms with Gasteiger partial charge in [0, 0.05) is 1.37 Å². The Morgan fingerprint density at radius 3 is 2.67 bits per heavy atom. The van der Waals surface area contributed by atoms with E-state index in [1.165, 1.54) is 0 Å². The van der Waals surface area contributed by atoms with E-state index in [-0.39, 0.29) is 6.90 Å². The molecule has 0 spiro atoms. The van der Waals surface area contributed by atoms with E-state index in [1.54, 1.807) is 0 Å². The van der Waals surface area contributed by atoms with Crippen LogP contribution in [0.5, 0.6) is 0 Å². The van der Waals surface area contributed by atoms with Gasteiger partial charge in [0.05, 0.1) is 12.6 Å². The Kier molecular flexibility index (Phi) is 4.30. The van der Waals surface area contributed by atoms with Crippen molar-refractivity contribution >= 4 is 0 Å². The van der Waals surface area contributed by atoms with Crippen LogP contribution in [0.25, 0.3) is 0 Å². The molecule has 1 aliphatic heterocycles. The van der Waals surface area contributed by atoms with Gasteiger partial charge in [0.1, 0.15) is 18.3 Å². The lowest BCUT2D eigenvalue weighted by atomic mass is 9.97. The molecule has 0 aromatic rings. The molecule has 15 heavy (non-hydrogen) atoms. The summed E-state index contributed by atoms with van der Waals surface area (Å²) in [7, 11) is 0. The van der Waals surface area contributed by atoms with Crippen molar-refractivity contribution in [2.75, 3.05) is 13.2 Å². The second-order valence-electron chi connectivity index (χ2n) is 3.56. The quantitative estimate of drug-likeness (QED) is 0.346. The highest BCUT2D eigenvalue weighted by Crippen LogP contribution is 2.19. The Bertz CT molecular complexity index is 208. The minimum atomic E-state index is -1.28. The number of nitrogens with one attached hydrogen (secondary N) is 1. The summed E-state index contributed by atoms with van der Waals surface area (Å²) in [5, 5.41) is 40.5. The first-order valence-electron chi connectivity index (χ1n) is 5.65. The van der Waals surface area contributed by atoms with E-state index in [0.717, 1.165) is 0 Å². The second kappa shape index (κ2) is 5.74. The maximum absolute atomic E-state index is 9.70. The highest BCUT2D eigenvalue weighted by molar-refractivity contribution is 4.92. The third kappa shape index (κ3) is 2.87. The van der Waals surface area contributed by atoms with E-state index >= 15 is 0 Å². The van der Waals surface area contributed by atoms with Crippen LogP contribution in [0.1, 0.15) is 14.7 Å². The fourth-order valence-electron chi connectivity index (χ4n) is 1.59. The average molecular weight is 222 g/mol. The molecule has 90 valence electrons. The monoisotopic (exact) mass is 222 g/mol. The van der Waals surface area contributed by atoms with Crippen LogP contribution in [-0.2, 0) is 4.74 Å². The van der Waals surface area contributed by atoms with Crippen LogP contribution in [0.3, 0.4) is 0 Å². The predicted molar refractivity (Wildman–Crippen MR) is 52.1 cm³/mol. The van der Waals surface area contributed by atoms with Gasteiger partial charge >= 0.3 is 0 Å². The van der Waals surface area contributed by atoms with Crippen molar-refractivity contribution in [3.8, 4) is 0 Å². The fraction of sp³-hybridized carbons (Fsp3) is 1.00. The van der Waals surface area contributed by atoms with Crippen molar-refractivity contribution in [2.45, 2.75) is 44.0 Å². The molecule has 1 unspecified atom stereocenters. The molecule has 1 heterocycles. The van der Waals surface area contributed by atoms with Gasteiger partial charge in [0.15, 0.2) is 6.29 Å². The van der Waals surface area contributed by atoms with Crippen LogP contribution in [0.2, 0.25) is 0 Å². The van der Waals surface area contributed by atoms with Crippen LogP contribution < -0.4 is 5.32 Å². The molecule has 1 rings (SSSR count). The topological polar surface area (TPSA) is 102 Å². The maximum Gasteiger partial charge on any atom is 0.173 e. The van der Waals surface area contributed by atoms with Crippen molar-refractivity contribution < 1.29 is 26.5 Å². The first-order chi connectivity index (χ1) is 7.61. The first-order valence-corrected chi connectivity index (χ1v) is 4.95. The minimum Gasteiger partial charge on any atom is -0.394 e. The van der Waals surface area contributed by atoms with E-state index in [0.29, 0.717) is 13.0 Å².